The second-order valence-corrected chi connectivity index (χ2v) is 8.44. The van der Waals surface area contributed by atoms with Gasteiger partial charge in [-0.05, 0) is 35.6 Å². The van der Waals surface area contributed by atoms with Crippen LogP contribution in [0.25, 0.3) is 0 Å². The minimum Gasteiger partial charge on any atom is -0.328 e. The van der Waals surface area contributed by atoms with Crippen LogP contribution < -0.4 is 5.32 Å². The molecule has 1 N–H and O–H groups in total. The highest BCUT2D eigenvalue weighted by Gasteiger charge is 2.39. The van der Waals surface area contributed by atoms with Crippen molar-refractivity contribution in [2.24, 2.45) is 0 Å². The molecule has 0 bridgehead atoms. The minimum atomic E-state index is -0.238. The number of carbonyl (C=O) groups is 1. The summed E-state index contributed by atoms with van der Waals surface area (Å²) in [6.45, 7) is 0. The van der Waals surface area contributed by atoms with Crippen LogP contribution in [0.1, 0.15) is 35.2 Å². The van der Waals surface area contributed by atoms with Gasteiger partial charge in [0.2, 0.25) is 5.95 Å². The Bertz CT molecular complexity index is 1020. The van der Waals surface area contributed by atoms with Gasteiger partial charge in [0.05, 0.1) is 0 Å². The molecule has 26 heavy (non-hydrogen) atoms. The molecule has 0 saturated carbocycles. The number of rotatable bonds is 2. The van der Waals surface area contributed by atoms with E-state index < -0.39 is 0 Å². The Labute approximate surface area is 162 Å². The quantitative estimate of drug-likeness (QED) is 0.654. The second kappa shape index (κ2) is 6.17. The number of thiophene rings is 1. The molecule has 130 valence electrons. The number of hydrogen-bond donors (Lipinski definition) is 1. The lowest BCUT2D eigenvalue weighted by Crippen LogP contribution is -2.33. The SMILES string of the molecule is O=C1C[C@@H](c2cccs2)CC2=C1[C@@H](c1cccc(Br)c1)n1ncnc1N2. The molecular weight excluding hydrogens is 412 g/mol. The van der Waals surface area contributed by atoms with E-state index >= 15 is 0 Å². The van der Waals surface area contributed by atoms with E-state index in [9.17, 15) is 4.79 Å². The molecular formula is C19H15BrN4OS. The van der Waals surface area contributed by atoms with Crippen molar-refractivity contribution in [1.82, 2.24) is 14.8 Å². The van der Waals surface area contributed by atoms with Gasteiger partial charge in [0.1, 0.15) is 12.4 Å². The number of benzene rings is 1. The van der Waals surface area contributed by atoms with Crippen molar-refractivity contribution in [3.8, 4) is 0 Å². The van der Waals surface area contributed by atoms with Crippen molar-refractivity contribution in [3.63, 3.8) is 0 Å². The summed E-state index contributed by atoms with van der Waals surface area (Å²) < 4.78 is 2.79. The molecule has 0 amide bonds. The van der Waals surface area contributed by atoms with Crippen LogP contribution in [0.2, 0.25) is 0 Å². The lowest BCUT2D eigenvalue weighted by Gasteiger charge is -2.34. The monoisotopic (exact) mass is 426 g/mol. The highest BCUT2D eigenvalue weighted by molar-refractivity contribution is 9.10. The van der Waals surface area contributed by atoms with Crippen molar-refractivity contribution in [3.05, 3.63) is 74.3 Å². The summed E-state index contributed by atoms with van der Waals surface area (Å²) in [5, 5.41) is 9.81. The van der Waals surface area contributed by atoms with Crippen LogP contribution in [0.15, 0.2) is 63.8 Å². The standard InChI is InChI=1S/C19H15BrN4OS/c20-13-4-1-3-11(7-13)18-17-14(23-19-21-10-22-24(18)19)8-12(9-15(17)25)16-5-2-6-26-16/h1-7,10,12,18H,8-9H2,(H,21,22,23)/t12-,18+/m0/s1. The summed E-state index contributed by atoms with van der Waals surface area (Å²) in [4.78, 5) is 18.8. The normalized spacial score (nSPS) is 22.0. The minimum absolute atomic E-state index is 0.184. The maximum atomic E-state index is 13.2. The van der Waals surface area contributed by atoms with Crippen LogP contribution in [0.3, 0.4) is 0 Å². The van der Waals surface area contributed by atoms with E-state index in [0.29, 0.717) is 12.4 Å². The van der Waals surface area contributed by atoms with Gasteiger partial charge in [0, 0.05) is 33.0 Å². The number of halogens is 1. The highest BCUT2D eigenvalue weighted by Crippen LogP contribution is 2.44. The molecule has 7 heteroatoms. The van der Waals surface area contributed by atoms with Gasteiger partial charge in [-0.1, -0.05) is 34.1 Å². The van der Waals surface area contributed by atoms with Crippen LogP contribution in [0.4, 0.5) is 5.95 Å². The maximum Gasteiger partial charge on any atom is 0.226 e. The molecule has 0 saturated heterocycles. The van der Waals surface area contributed by atoms with Crippen LogP contribution >= 0.6 is 27.3 Å². The number of fused-ring (bicyclic) bond motifs is 1. The van der Waals surface area contributed by atoms with E-state index in [0.717, 1.165) is 27.7 Å². The zero-order valence-electron chi connectivity index (χ0n) is 13.7. The van der Waals surface area contributed by atoms with Crippen molar-refractivity contribution in [2.75, 3.05) is 5.32 Å². The molecule has 1 aromatic carbocycles. The van der Waals surface area contributed by atoms with Crippen LogP contribution in [0, 0.1) is 0 Å². The zero-order valence-corrected chi connectivity index (χ0v) is 16.1. The molecule has 3 heterocycles. The molecule has 2 aromatic heterocycles. The van der Waals surface area contributed by atoms with Crippen LogP contribution in [0.5, 0.6) is 0 Å². The number of hydrogen-bond acceptors (Lipinski definition) is 5. The van der Waals surface area contributed by atoms with E-state index in [2.05, 4.69) is 42.8 Å². The molecule has 0 unspecified atom stereocenters. The van der Waals surface area contributed by atoms with Crippen molar-refractivity contribution in [1.29, 1.82) is 0 Å². The fourth-order valence-corrected chi connectivity index (χ4v) is 5.11. The number of carbonyl (C=O) groups excluding carboxylic acids is 1. The third-order valence-electron chi connectivity index (χ3n) is 4.97. The predicted octanol–water partition coefficient (Wildman–Crippen LogP) is 4.52. The van der Waals surface area contributed by atoms with E-state index in [4.69, 9.17) is 0 Å². The first-order chi connectivity index (χ1) is 12.7. The molecule has 1 aliphatic heterocycles. The topological polar surface area (TPSA) is 59.8 Å². The average molecular weight is 427 g/mol. The third-order valence-corrected chi connectivity index (χ3v) is 6.50. The molecule has 0 spiro atoms. The molecule has 3 aromatic rings. The number of anilines is 1. The first-order valence-corrected chi connectivity index (χ1v) is 10.1. The fourth-order valence-electron chi connectivity index (χ4n) is 3.86. The molecule has 5 nitrogen and oxygen atoms in total. The number of allylic oxidation sites excluding steroid dienone is 2. The van der Waals surface area contributed by atoms with E-state index in [-0.39, 0.29) is 17.7 Å². The summed E-state index contributed by atoms with van der Waals surface area (Å²) >= 11 is 5.25. The molecule has 5 rings (SSSR count). The largest absolute Gasteiger partial charge is 0.328 e. The Kier molecular flexibility index (Phi) is 3.79. The number of nitrogens with zero attached hydrogens (tertiary/aromatic N) is 3. The molecule has 0 radical (unpaired) electrons. The summed E-state index contributed by atoms with van der Waals surface area (Å²) in [5.74, 6) is 1.10. The highest BCUT2D eigenvalue weighted by atomic mass is 79.9. The Morgan fingerprint density at radius 3 is 2.96 bits per heavy atom. The summed E-state index contributed by atoms with van der Waals surface area (Å²) in [5.41, 5.74) is 2.82. The van der Waals surface area contributed by atoms with Crippen molar-refractivity contribution < 1.29 is 4.79 Å². The van der Waals surface area contributed by atoms with E-state index in [1.807, 2.05) is 35.0 Å². The number of Topliss-reactive ketones (excluding diaryl/α,β-unsaturated/α-hetero) is 1. The zero-order chi connectivity index (χ0) is 17.7. The van der Waals surface area contributed by atoms with Gasteiger partial charge in [-0.25, -0.2) is 4.68 Å². The molecule has 2 aliphatic rings. The lowest BCUT2D eigenvalue weighted by atomic mass is 9.80. The second-order valence-electron chi connectivity index (χ2n) is 6.55. The summed E-state index contributed by atoms with van der Waals surface area (Å²) in [7, 11) is 0. The molecule has 2 atom stereocenters. The Morgan fingerprint density at radius 1 is 1.23 bits per heavy atom. The van der Waals surface area contributed by atoms with Gasteiger partial charge in [0.25, 0.3) is 0 Å². The van der Waals surface area contributed by atoms with Crippen LogP contribution in [-0.2, 0) is 4.79 Å². The van der Waals surface area contributed by atoms with E-state index in [1.165, 1.54) is 11.2 Å². The fraction of sp³-hybridized carbons (Fsp3) is 0.211. The van der Waals surface area contributed by atoms with Crippen molar-refractivity contribution >= 4 is 39.0 Å². The van der Waals surface area contributed by atoms with Gasteiger partial charge >= 0.3 is 0 Å². The average Bonchev–Trinajstić information content (AvgIpc) is 3.31. The predicted molar refractivity (Wildman–Crippen MR) is 104 cm³/mol. The summed E-state index contributed by atoms with van der Waals surface area (Å²) in [6.07, 6.45) is 2.89. The smallest absolute Gasteiger partial charge is 0.226 e. The van der Waals surface area contributed by atoms with E-state index in [1.54, 1.807) is 11.3 Å². The molecule has 1 aliphatic carbocycles. The van der Waals surface area contributed by atoms with Crippen LogP contribution in [-0.4, -0.2) is 20.5 Å². The van der Waals surface area contributed by atoms with Gasteiger partial charge in [-0.3, -0.25) is 4.79 Å². The number of aromatic nitrogens is 3. The van der Waals surface area contributed by atoms with Gasteiger partial charge < -0.3 is 5.32 Å². The Hall–Kier alpha value is -2.25. The Balaban J connectivity index is 1.63. The number of ketones is 1. The first-order valence-electron chi connectivity index (χ1n) is 8.42. The Morgan fingerprint density at radius 2 is 2.15 bits per heavy atom. The molecule has 0 fully saturated rings. The van der Waals surface area contributed by atoms with Gasteiger partial charge in [-0.15, -0.1) is 11.3 Å². The van der Waals surface area contributed by atoms with Gasteiger partial charge in [-0.2, -0.15) is 10.1 Å². The number of nitrogens with one attached hydrogen (secondary N) is 1. The maximum absolute atomic E-state index is 13.2. The third kappa shape index (κ3) is 2.54. The lowest BCUT2D eigenvalue weighted by molar-refractivity contribution is -0.116. The van der Waals surface area contributed by atoms with Gasteiger partial charge in [0.15, 0.2) is 5.78 Å². The van der Waals surface area contributed by atoms with Crippen molar-refractivity contribution in [2.45, 2.75) is 24.8 Å². The summed E-state index contributed by atoms with van der Waals surface area (Å²) in [6, 6.07) is 12.0. The first kappa shape index (κ1) is 16.0.